The molecule has 3 aromatic rings. The van der Waals surface area contributed by atoms with Crippen LogP contribution in [-0.2, 0) is 9.59 Å². The molecule has 5 nitrogen and oxygen atoms in total. The third-order valence-electron chi connectivity index (χ3n) is 6.88. The van der Waals surface area contributed by atoms with Gasteiger partial charge in [0, 0.05) is 30.0 Å². The standard InChI is InChI=1S/C30H32N2O3/c1-6-31(7-2)24-16-13-22(14-17-24)27-26(28(33)23-11-8-19(3)9-12-23)29(34)30(35)32(27)25-15-10-20(4)21(5)18-25/h8-18,27,33H,6-7H2,1-5H3/b28-26+. The third-order valence-corrected chi connectivity index (χ3v) is 6.88. The quantitative estimate of drug-likeness (QED) is 0.270. The van der Waals surface area contributed by atoms with E-state index in [0.717, 1.165) is 41.0 Å². The average Bonchev–Trinajstić information content (AvgIpc) is 3.12. The molecule has 4 rings (SSSR count). The van der Waals surface area contributed by atoms with E-state index in [4.69, 9.17) is 0 Å². The molecule has 1 amide bonds. The van der Waals surface area contributed by atoms with Crippen LogP contribution in [0.5, 0.6) is 0 Å². The molecule has 1 atom stereocenters. The van der Waals surface area contributed by atoms with E-state index in [1.165, 1.54) is 4.90 Å². The predicted octanol–water partition coefficient (Wildman–Crippen LogP) is 6.08. The summed E-state index contributed by atoms with van der Waals surface area (Å²) >= 11 is 0. The van der Waals surface area contributed by atoms with Gasteiger partial charge in [0.15, 0.2) is 0 Å². The van der Waals surface area contributed by atoms with Crippen LogP contribution in [0.25, 0.3) is 5.76 Å². The van der Waals surface area contributed by atoms with Gasteiger partial charge in [-0.15, -0.1) is 0 Å². The van der Waals surface area contributed by atoms with Crippen molar-refractivity contribution in [3.8, 4) is 0 Å². The molecule has 1 fully saturated rings. The van der Waals surface area contributed by atoms with Gasteiger partial charge in [0.25, 0.3) is 11.7 Å². The summed E-state index contributed by atoms with van der Waals surface area (Å²) in [6, 6.07) is 20.2. The second-order valence-corrected chi connectivity index (χ2v) is 9.07. The lowest BCUT2D eigenvalue weighted by Crippen LogP contribution is -2.29. The number of hydrogen-bond donors (Lipinski definition) is 1. The van der Waals surface area contributed by atoms with Crippen molar-refractivity contribution in [3.05, 3.63) is 100 Å². The Morgan fingerprint density at radius 1 is 0.857 bits per heavy atom. The van der Waals surface area contributed by atoms with Crippen molar-refractivity contribution in [3.63, 3.8) is 0 Å². The number of carbonyl (C=O) groups excluding carboxylic acids is 2. The van der Waals surface area contributed by atoms with Gasteiger partial charge >= 0.3 is 0 Å². The Labute approximate surface area is 207 Å². The molecule has 0 radical (unpaired) electrons. The van der Waals surface area contributed by atoms with Crippen LogP contribution in [0.2, 0.25) is 0 Å². The number of carbonyl (C=O) groups is 2. The number of anilines is 2. The molecule has 0 aromatic heterocycles. The van der Waals surface area contributed by atoms with Crippen molar-refractivity contribution in [1.82, 2.24) is 0 Å². The number of aryl methyl sites for hydroxylation is 3. The van der Waals surface area contributed by atoms with Gasteiger partial charge in [-0.05, 0) is 75.6 Å². The molecule has 1 N–H and O–H groups in total. The highest BCUT2D eigenvalue weighted by atomic mass is 16.3. The molecule has 1 heterocycles. The third kappa shape index (κ3) is 4.46. The maximum Gasteiger partial charge on any atom is 0.300 e. The van der Waals surface area contributed by atoms with E-state index in [0.29, 0.717) is 11.3 Å². The van der Waals surface area contributed by atoms with Gasteiger partial charge in [0.2, 0.25) is 0 Å². The number of aliphatic hydroxyl groups is 1. The van der Waals surface area contributed by atoms with Crippen molar-refractivity contribution in [2.45, 2.75) is 40.7 Å². The Balaban J connectivity index is 1.90. The van der Waals surface area contributed by atoms with Crippen LogP contribution in [-0.4, -0.2) is 29.9 Å². The molecule has 5 heteroatoms. The number of hydrogen-bond acceptors (Lipinski definition) is 4. The number of Topliss-reactive ketones (excluding diaryl/α,β-unsaturated/α-hetero) is 1. The van der Waals surface area contributed by atoms with E-state index in [2.05, 4.69) is 18.7 Å². The maximum atomic E-state index is 13.4. The molecule has 35 heavy (non-hydrogen) atoms. The number of aliphatic hydroxyl groups excluding tert-OH is 1. The Bertz CT molecular complexity index is 1290. The number of ketones is 1. The fraction of sp³-hybridized carbons (Fsp3) is 0.267. The van der Waals surface area contributed by atoms with Gasteiger partial charge < -0.3 is 10.0 Å². The minimum atomic E-state index is -0.732. The molecular weight excluding hydrogens is 436 g/mol. The fourth-order valence-corrected chi connectivity index (χ4v) is 4.61. The first-order valence-corrected chi connectivity index (χ1v) is 12.1. The average molecular weight is 469 g/mol. The Morgan fingerprint density at radius 3 is 2.06 bits per heavy atom. The van der Waals surface area contributed by atoms with Gasteiger partial charge in [0.05, 0.1) is 11.6 Å². The molecule has 0 bridgehead atoms. The van der Waals surface area contributed by atoms with E-state index in [1.807, 2.05) is 75.4 Å². The zero-order valence-electron chi connectivity index (χ0n) is 21.0. The lowest BCUT2D eigenvalue weighted by atomic mass is 9.94. The van der Waals surface area contributed by atoms with Crippen LogP contribution in [0.3, 0.4) is 0 Å². The second-order valence-electron chi connectivity index (χ2n) is 9.07. The summed E-state index contributed by atoms with van der Waals surface area (Å²) in [6.07, 6.45) is 0. The minimum absolute atomic E-state index is 0.104. The van der Waals surface area contributed by atoms with Gasteiger partial charge in [-0.2, -0.15) is 0 Å². The summed E-state index contributed by atoms with van der Waals surface area (Å²) < 4.78 is 0. The highest BCUT2D eigenvalue weighted by Crippen LogP contribution is 2.42. The molecule has 1 aliphatic heterocycles. The minimum Gasteiger partial charge on any atom is -0.507 e. The van der Waals surface area contributed by atoms with Gasteiger partial charge in [-0.1, -0.05) is 48.0 Å². The summed E-state index contributed by atoms with van der Waals surface area (Å²) in [6.45, 7) is 11.9. The first-order valence-electron chi connectivity index (χ1n) is 12.1. The van der Waals surface area contributed by atoms with Crippen molar-refractivity contribution >= 4 is 28.8 Å². The summed E-state index contributed by atoms with van der Waals surface area (Å²) in [5.74, 6) is -1.48. The fourth-order valence-electron chi connectivity index (χ4n) is 4.61. The van der Waals surface area contributed by atoms with Crippen molar-refractivity contribution in [2.24, 2.45) is 0 Å². The Hall–Kier alpha value is -3.86. The topological polar surface area (TPSA) is 60.9 Å². The molecule has 3 aromatic carbocycles. The Morgan fingerprint density at radius 2 is 1.49 bits per heavy atom. The molecule has 1 saturated heterocycles. The van der Waals surface area contributed by atoms with E-state index >= 15 is 0 Å². The maximum absolute atomic E-state index is 13.4. The predicted molar refractivity (Wildman–Crippen MR) is 142 cm³/mol. The lowest BCUT2D eigenvalue weighted by Gasteiger charge is -2.27. The van der Waals surface area contributed by atoms with Gasteiger partial charge in [0.1, 0.15) is 5.76 Å². The molecule has 0 saturated carbocycles. The zero-order valence-corrected chi connectivity index (χ0v) is 21.0. The number of rotatable bonds is 6. The van der Waals surface area contributed by atoms with Crippen molar-refractivity contribution < 1.29 is 14.7 Å². The SMILES string of the molecule is CCN(CC)c1ccc(C2/C(=C(\O)c3ccc(C)cc3)C(=O)C(=O)N2c2ccc(C)c(C)c2)cc1. The molecule has 0 spiro atoms. The summed E-state index contributed by atoms with van der Waals surface area (Å²) in [5.41, 5.74) is 6.26. The number of nitrogens with zero attached hydrogens (tertiary/aromatic N) is 2. The van der Waals surface area contributed by atoms with Crippen molar-refractivity contribution in [1.29, 1.82) is 0 Å². The van der Waals surface area contributed by atoms with Crippen LogP contribution in [0.4, 0.5) is 11.4 Å². The normalized spacial score (nSPS) is 17.2. The molecule has 1 aliphatic rings. The van der Waals surface area contributed by atoms with Gasteiger partial charge in [-0.25, -0.2) is 0 Å². The van der Waals surface area contributed by atoms with Crippen LogP contribution in [0, 0.1) is 20.8 Å². The molecule has 180 valence electrons. The largest absolute Gasteiger partial charge is 0.507 e. The number of amides is 1. The Kier molecular flexibility index (Phi) is 6.79. The van der Waals surface area contributed by atoms with Crippen LogP contribution in [0.1, 0.15) is 47.7 Å². The van der Waals surface area contributed by atoms with Crippen LogP contribution in [0.15, 0.2) is 72.3 Å². The van der Waals surface area contributed by atoms with Gasteiger partial charge in [-0.3, -0.25) is 14.5 Å². The first-order chi connectivity index (χ1) is 16.8. The summed E-state index contributed by atoms with van der Waals surface area (Å²) in [4.78, 5) is 30.5. The van der Waals surface area contributed by atoms with E-state index < -0.39 is 17.7 Å². The first kappa shape index (κ1) is 24.3. The van der Waals surface area contributed by atoms with E-state index in [9.17, 15) is 14.7 Å². The highest BCUT2D eigenvalue weighted by molar-refractivity contribution is 6.51. The zero-order chi connectivity index (χ0) is 25.3. The number of benzene rings is 3. The van der Waals surface area contributed by atoms with Crippen LogP contribution < -0.4 is 9.80 Å². The van der Waals surface area contributed by atoms with Crippen molar-refractivity contribution in [2.75, 3.05) is 22.9 Å². The van der Waals surface area contributed by atoms with E-state index in [1.54, 1.807) is 12.1 Å². The van der Waals surface area contributed by atoms with E-state index in [-0.39, 0.29) is 11.3 Å². The molecular formula is C30H32N2O3. The second kappa shape index (κ2) is 9.79. The molecule has 1 unspecified atom stereocenters. The van der Waals surface area contributed by atoms with Crippen LogP contribution >= 0.6 is 0 Å². The molecule has 0 aliphatic carbocycles. The lowest BCUT2D eigenvalue weighted by molar-refractivity contribution is -0.132. The summed E-state index contributed by atoms with van der Waals surface area (Å²) in [5, 5.41) is 11.3. The smallest absolute Gasteiger partial charge is 0.300 e. The monoisotopic (exact) mass is 468 g/mol. The highest BCUT2D eigenvalue weighted by Gasteiger charge is 2.47. The summed E-state index contributed by atoms with van der Waals surface area (Å²) in [7, 11) is 0.